The van der Waals surface area contributed by atoms with Crippen molar-refractivity contribution in [1.82, 2.24) is 5.32 Å². The molecule has 0 bridgehead atoms. The molecular weight excluding hydrogens is 364 g/mol. The lowest BCUT2D eigenvalue weighted by atomic mass is 10.00. The molecule has 1 amide bonds. The lowest BCUT2D eigenvalue weighted by molar-refractivity contribution is -0.125. The molecule has 150 valence electrons. The number of benzene rings is 1. The second-order valence-corrected chi connectivity index (χ2v) is 6.08. The highest BCUT2D eigenvalue weighted by molar-refractivity contribution is 6.00. The molecule has 1 aromatic carbocycles. The molecule has 3 N–H and O–H groups in total. The summed E-state index contributed by atoms with van der Waals surface area (Å²) in [7, 11) is 1.49. The van der Waals surface area contributed by atoms with Gasteiger partial charge in [-0.05, 0) is 37.0 Å². The molecule has 28 heavy (non-hydrogen) atoms. The average Bonchev–Trinajstić information content (AvgIpc) is 2.65. The monoisotopic (exact) mass is 388 g/mol. The quantitative estimate of drug-likeness (QED) is 0.415. The minimum absolute atomic E-state index is 0.0359. The number of cyclic esters (lactones) is 1. The highest BCUT2D eigenvalue weighted by Crippen LogP contribution is 2.29. The number of aromatic hydroxyl groups is 2. The van der Waals surface area contributed by atoms with Crippen LogP contribution in [0.1, 0.15) is 35.2 Å². The van der Waals surface area contributed by atoms with Gasteiger partial charge < -0.3 is 25.1 Å². The summed E-state index contributed by atoms with van der Waals surface area (Å²) >= 11 is 0. The van der Waals surface area contributed by atoms with Gasteiger partial charge in [0.25, 0.3) is 5.91 Å². The summed E-state index contributed by atoms with van der Waals surface area (Å²) in [4.78, 5) is 28.8. The van der Waals surface area contributed by atoms with E-state index < -0.39 is 5.97 Å². The number of allylic oxidation sites excluding steroid dienone is 3. The van der Waals surface area contributed by atoms with Crippen molar-refractivity contribution in [2.75, 3.05) is 20.3 Å². The predicted molar refractivity (Wildman–Crippen MR) is 103 cm³/mol. The Bertz CT molecular complexity index is 798. The number of ether oxygens (including phenoxy) is 1. The van der Waals surface area contributed by atoms with Crippen LogP contribution in [0.4, 0.5) is 0 Å². The Kier molecular flexibility index (Phi) is 8.08. The fraction of sp³-hybridized carbons (Fsp3) is 0.350. The van der Waals surface area contributed by atoms with E-state index in [1.54, 1.807) is 6.08 Å². The predicted octanol–water partition coefficient (Wildman–Crippen LogP) is 2.21. The van der Waals surface area contributed by atoms with E-state index in [4.69, 9.17) is 9.57 Å². The van der Waals surface area contributed by atoms with Crippen LogP contribution in [0.5, 0.6) is 11.5 Å². The number of rotatable bonds is 3. The van der Waals surface area contributed by atoms with Gasteiger partial charge in [0.15, 0.2) is 6.61 Å². The zero-order chi connectivity index (χ0) is 20.4. The first-order chi connectivity index (χ1) is 13.5. The molecule has 0 saturated heterocycles. The smallest absolute Gasteiger partial charge is 0.342 e. The van der Waals surface area contributed by atoms with Crippen LogP contribution in [0.3, 0.4) is 0 Å². The number of nitrogens with zero attached hydrogens (tertiary/aromatic N) is 1. The summed E-state index contributed by atoms with van der Waals surface area (Å²) in [6.45, 7) is -0.0715. The number of nitrogens with one attached hydrogen (secondary N) is 1. The lowest BCUT2D eigenvalue weighted by Crippen LogP contribution is -2.22. The van der Waals surface area contributed by atoms with Crippen LogP contribution in [-0.2, 0) is 20.8 Å². The number of phenols is 2. The zero-order valence-corrected chi connectivity index (χ0v) is 15.7. The second kappa shape index (κ2) is 10.8. The molecule has 0 fully saturated rings. The molecular formula is C20H24N2O6. The molecule has 0 atom stereocenters. The summed E-state index contributed by atoms with van der Waals surface area (Å²) in [5.74, 6) is -1.59. The summed E-state index contributed by atoms with van der Waals surface area (Å²) in [5.41, 5.74) is 0.720. The van der Waals surface area contributed by atoms with Crippen LogP contribution < -0.4 is 5.32 Å². The van der Waals surface area contributed by atoms with Crippen LogP contribution in [0, 0.1) is 0 Å². The molecule has 0 radical (unpaired) electrons. The van der Waals surface area contributed by atoms with Crippen molar-refractivity contribution in [2.45, 2.75) is 25.7 Å². The summed E-state index contributed by atoms with van der Waals surface area (Å²) < 4.78 is 5.22. The number of carbonyl (C=O) groups excluding carboxylic acids is 2. The number of carbonyl (C=O) groups is 2. The number of oxime groups is 1. The van der Waals surface area contributed by atoms with E-state index in [0.717, 1.165) is 18.9 Å². The fourth-order valence-electron chi connectivity index (χ4n) is 2.55. The normalized spacial score (nSPS) is 16.8. The molecule has 0 saturated carbocycles. The minimum Gasteiger partial charge on any atom is -0.508 e. The third-order valence-corrected chi connectivity index (χ3v) is 3.91. The molecule has 8 heteroatoms. The molecule has 0 unspecified atom stereocenters. The number of esters is 1. The Balaban J connectivity index is 2.36. The van der Waals surface area contributed by atoms with E-state index >= 15 is 0 Å². The molecule has 1 heterocycles. The number of hydrogen-bond donors (Lipinski definition) is 3. The van der Waals surface area contributed by atoms with Crippen molar-refractivity contribution >= 4 is 17.6 Å². The summed E-state index contributed by atoms with van der Waals surface area (Å²) in [6.07, 6.45) is 9.78. The number of likely N-dealkylation sites (N-methyl/N-ethyl adjacent to an activating group) is 1. The van der Waals surface area contributed by atoms with Gasteiger partial charge in [0, 0.05) is 19.5 Å². The van der Waals surface area contributed by atoms with E-state index in [0.29, 0.717) is 17.7 Å². The highest BCUT2D eigenvalue weighted by Gasteiger charge is 2.20. The van der Waals surface area contributed by atoms with E-state index in [2.05, 4.69) is 10.5 Å². The Labute approximate surface area is 163 Å². The molecule has 1 aromatic rings. The van der Waals surface area contributed by atoms with Crippen LogP contribution >= 0.6 is 0 Å². The standard InChI is InChI=1S/C20H24N2O6/c1-21-18(25)13-28-22-15-8-6-4-2-3-5-7-9-27-20(26)19-14(10-15)11-16(23)12-17(19)24/h3,5-6,8,11-12,23-24H,2,4,7,9-10,13H2,1H3,(H,21,25). The Morgan fingerprint density at radius 2 is 1.96 bits per heavy atom. The van der Waals surface area contributed by atoms with E-state index in [9.17, 15) is 19.8 Å². The van der Waals surface area contributed by atoms with Crippen molar-refractivity contribution in [3.05, 3.63) is 47.6 Å². The first kappa shape index (κ1) is 21.0. The van der Waals surface area contributed by atoms with Gasteiger partial charge in [0.1, 0.15) is 17.1 Å². The minimum atomic E-state index is -0.687. The average molecular weight is 388 g/mol. The molecule has 0 aliphatic carbocycles. The van der Waals surface area contributed by atoms with Crippen LogP contribution in [0.15, 0.2) is 41.6 Å². The maximum Gasteiger partial charge on any atom is 0.342 e. The van der Waals surface area contributed by atoms with E-state index in [1.165, 1.54) is 13.1 Å². The van der Waals surface area contributed by atoms with Crippen LogP contribution in [-0.4, -0.2) is 48.1 Å². The Morgan fingerprint density at radius 3 is 2.75 bits per heavy atom. The topological polar surface area (TPSA) is 117 Å². The van der Waals surface area contributed by atoms with Gasteiger partial charge >= 0.3 is 5.97 Å². The number of hydrogen-bond acceptors (Lipinski definition) is 7. The van der Waals surface area contributed by atoms with Gasteiger partial charge in [-0.1, -0.05) is 23.4 Å². The van der Waals surface area contributed by atoms with Crippen LogP contribution in [0.25, 0.3) is 0 Å². The third kappa shape index (κ3) is 6.46. The SMILES string of the molecule is CNC(=O)CON=C1C=CCCC=CCCOC(=O)c2c(O)cc(O)cc2C1. The molecule has 2 rings (SSSR count). The highest BCUT2D eigenvalue weighted by atomic mass is 16.6. The van der Waals surface area contributed by atoms with Gasteiger partial charge in [-0.3, -0.25) is 4.79 Å². The second-order valence-electron chi connectivity index (χ2n) is 6.08. The van der Waals surface area contributed by atoms with E-state index in [1.807, 2.05) is 18.2 Å². The first-order valence-electron chi connectivity index (χ1n) is 8.94. The van der Waals surface area contributed by atoms with Crippen molar-refractivity contribution in [3.63, 3.8) is 0 Å². The van der Waals surface area contributed by atoms with Gasteiger partial charge in [0.2, 0.25) is 0 Å². The Hall–Kier alpha value is -3.29. The van der Waals surface area contributed by atoms with Crippen molar-refractivity contribution in [2.24, 2.45) is 5.16 Å². The van der Waals surface area contributed by atoms with Crippen molar-refractivity contribution in [3.8, 4) is 11.5 Å². The maximum atomic E-state index is 12.4. The van der Waals surface area contributed by atoms with Crippen molar-refractivity contribution in [1.29, 1.82) is 0 Å². The lowest BCUT2D eigenvalue weighted by Gasteiger charge is -2.12. The van der Waals surface area contributed by atoms with Gasteiger partial charge in [-0.25, -0.2) is 4.79 Å². The van der Waals surface area contributed by atoms with Gasteiger partial charge in [0.05, 0.1) is 12.3 Å². The van der Waals surface area contributed by atoms with Crippen LogP contribution in [0.2, 0.25) is 0 Å². The molecule has 1 aliphatic rings. The van der Waals surface area contributed by atoms with E-state index in [-0.39, 0.29) is 42.6 Å². The summed E-state index contributed by atoms with van der Waals surface area (Å²) in [6, 6.07) is 2.45. The fourth-order valence-corrected chi connectivity index (χ4v) is 2.55. The van der Waals surface area contributed by atoms with Gasteiger partial charge in [-0.15, -0.1) is 0 Å². The maximum absolute atomic E-state index is 12.4. The molecule has 1 aliphatic heterocycles. The molecule has 8 nitrogen and oxygen atoms in total. The molecule has 0 spiro atoms. The summed E-state index contributed by atoms with van der Waals surface area (Å²) in [5, 5.41) is 26.4. The number of phenolic OH excluding ortho intramolecular Hbond substituents is 2. The first-order valence-corrected chi connectivity index (χ1v) is 8.94. The van der Waals surface area contributed by atoms with Gasteiger partial charge in [-0.2, -0.15) is 0 Å². The number of amides is 1. The Morgan fingerprint density at radius 1 is 1.21 bits per heavy atom. The molecule has 0 aromatic heterocycles. The zero-order valence-electron chi connectivity index (χ0n) is 15.7. The third-order valence-electron chi connectivity index (χ3n) is 3.91. The number of fused-ring (bicyclic) bond motifs is 1. The van der Waals surface area contributed by atoms with Crippen molar-refractivity contribution < 1.29 is 29.4 Å². The largest absolute Gasteiger partial charge is 0.508 e.